The molecular weight excluding hydrogens is 710 g/mol. The Bertz CT molecular complexity index is 2090. The number of benzene rings is 1. The number of nitrogens with zero attached hydrogens (tertiary/aromatic N) is 4. The molecule has 4 aliphatic rings. The molecule has 1 saturated heterocycles. The molecule has 2 aromatic heterocycles. The number of amides is 4. The molecule has 2 saturated carbocycles. The molecule has 3 fully saturated rings. The maximum atomic E-state index is 14.5. The van der Waals surface area contributed by atoms with E-state index in [1.165, 1.54) is 29.2 Å². The van der Waals surface area contributed by atoms with Crippen molar-refractivity contribution in [1.82, 2.24) is 35.4 Å². The van der Waals surface area contributed by atoms with Crippen molar-refractivity contribution < 1.29 is 41.2 Å². The number of hydrogen-bond donors (Lipinski definition) is 3. The van der Waals surface area contributed by atoms with E-state index in [0.717, 1.165) is 12.8 Å². The predicted octanol–water partition coefficient (Wildman–Crippen LogP) is 2.78. The van der Waals surface area contributed by atoms with E-state index in [-0.39, 0.29) is 42.9 Å². The minimum atomic E-state index is -3.91. The van der Waals surface area contributed by atoms with Crippen LogP contribution in [0.1, 0.15) is 86.7 Å². The van der Waals surface area contributed by atoms with Gasteiger partial charge >= 0.3 is 0 Å². The normalized spacial score (nSPS) is 27.1. The van der Waals surface area contributed by atoms with Gasteiger partial charge in [0.2, 0.25) is 27.7 Å². The lowest BCUT2D eigenvalue weighted by Crippen LogP contribution is -2.58. The molecule has 15 nitrogen and oxygen atoms in total. The third kappa shape index (κ3) is 7.75. The van der Waals surface area contributed by atoms with E-state index < -0.39 is 74.4 Å². The Labute approximate surface area is 305 Å². The molecule has 3 aromatic rings. The van der Waals surface area contributed by atoms with Crippen LogP contribution in [-0.2, 0) is 30.8 Å². The highest BCUT2D eigenvalue weighted by Gasteiger charge is 2.62. The van der Waals surface area contributed by atoms with Gasteiger partial charge in [0.25, 0.3) is 11.8 Å². The van der Waals surface area contributed by atoms with E-state index in [1.54, 1.807) is 6.92 Å². The molecule has 2 aliphatic carbocycles. The SMILES string of the molecule is CCc1nc2ccc(F)cc2nc1O[C@@H]1C[C@H]2C(=O)N[C@]3(C(=O)NS(=O)(=O)C4CC4)C[C@H]3/C=C\CCCCC[C@H](NC(=O)c3cc(C)on3)C(=O)N2C1. The minimum absolute atomic E-state index is 0.000503. The monoisotopic (exact) mass is 751 g/mol. The summed E-state index contributed by atoms with van der Waals surface area (Å²) in [5.74, 6) is -3.06. The number of carbonyl (C=O) groups is 4. The molecule has 4 amide bonds. The summed E-state index contributed by atoms with van der Waals surface area (Å²) >= 11 is 0. The molecule has 0 unspecified atom stereocenters. The Kier molecular flexibility index (Phi) is 9.95. The summed E-state index contributed by atoms with van der Waals surface area (Å²) in [6.07, 6.45) is 7.50. The number of aromatic nitrogens is 3. The first-order valence-corrected chi connectivity index (χ1v) is 19.6. The molecule has 7 rings (SSSR count). The molecule has 0 spiro atoms. The van der Waals surface area contributed by atoms with Crippen molar-refractivity contribution in [2.75, 3.05) is 6.54 Å². The summed E-state index contributed by atoms with van der Waals surface area (Å²) in [5.41, 5.74) is -0.291. The van der Waals surface area contributed by atoms with Gasteiger partial charge in [-0.1, -0.05) is 37.1 Å². The van der Waals surface area contributed by atoms with E-state index in [4.69, 9.17) is 9.26 Å². The van der Waals surface area contributed by atoms with Gasteiger partial charge in [0.1, 0.15) is 41.0 Å². The minimum Gasteiger partial charge on any atom is -0.471 e. The van der Waals surface area contributed by atoms with E-state index in [9.17, 15) is 32.0 Å². The first-order valence-electron chi connectivity index (χ1n) is 18.1. The lowest BCUT2D eigenvalue weighted by molar-refractivity contribution is -0.141. The highest BCUT2D eigenvalue weighted by Crippen LogP contribution is 2.46. The molecule has 282 valence electrons. The zero-order valence-electron chi connectivity index (χ0n) is 29.5. The van der Waals surface area contributed by atoms with Crippen molar-refractivity contribution in [3.63, 3.8) is 0 Å². The van der Waals surface area contributed by atoms with Crippen LogP contribution in [0, 0.1) is 18.7 Å². The number of allylic oxidation sites excluding steroid dienone is 1. The third-order valence-corrected chi connectivity index (χ3v) is 12.1. The van der Waals surface area contributed by atoms with Crippen LogP contribution >= 0.6 is 0 Å². The maximum Gasteiger partial charge on any atom is 0.274 e. The van der Waals surface area contributed by atoms with Crippen molar-refractivity contribution in [2.24, 2.45) is 5.92 Å². The highest BCUT2D eigenvalue weighted by molar-refractivity contribution is 7.91. The summed E-state index contributed by atoms with van der Waals surface area (Å²) < 4.78 is 53.3. The van der Waals surface area contributed by atoms with Crippen molar-refractivity contribution in [2.45, 2.75) is 107 Å². The van der Waals surface area contributed by atoms with Gasteiger partial charge in [-0.2, -0.15) is 0 Å². The molecule has 0 radical (unpaired) electrons. The van der Waals surface area contributed by atoms with E-state index >= 15 is 0 Å². The lowest BCUT2D eigenvalue weighted by atomic mass is 10.0. The van der Waals surface area contributed by atoms with Gasteiger partial charge in [-0.3, -0.25) is 23.9 Å². The van der Waals surface area contributed by atoms with Gasteiger partial charge in [-0.05, 0) is 64.0 Å². The Morgan fingerprint density at radius 3 is 2.66 bits per heavy atom. The molecule has 17 heteroatoms. The summed E-state index contributed by atoms with van der Waals surface area (Å²) in [4.78, 5) is 66.2. The van der Waals surface area contributed by atoms with Crippen LogP contribution in [0.25, 0.3) is 11.0 Å². The van der Waals surface area contributed by atoms with Gasteiger partial charge < -0.3 is 24.8 Å². The average Bonchev–Trinajstić information content (AvgIpc) is 4.01. The second-order valence-electron chi connectivity index (χ2n) is 14.3. The molecule has 53 heavy (non-hydrogen) atoms. The van der Waals surface area contributed by atoms with Crippen LogP contribution in [0.5, 0.6) is 5.88 Å². The molecule has 2 aliphatic heterocycles. The van der Waals surface area contributed by atoms with Crippen LogP contribution in [0.15, 0.2) is 40.9 Å². The quantitative estimate of drug-likeness (QED) is 0.286. The fourth-order valence-corrected chi connectivity index (χ4v) is 8.45. The van der Waals surface area contributed by atoms with Crippen LogP contribution in [-0.4, -0.2) is 87.6 Å². The van der Waals surface area contributed by atoms with Gasteiger partial charge in [0.15, 0.2) is 5.69 Å². The fraction of sp³-hybridized carbons (Fsp3) is 0.528. The van der Waals surface area contributed by atoms with E-state index in [0.29, 0.717) is 49.1 Å². The van der Waals surface area contributed by atoms with Gasteiger partial charge in [0.05, 0.1) is 22.8 Å². The highest BCUT2D eigenvalue weighted by atomic mass is 32.2. The Hall–Kier alpha value is -4.93. The van der Waals surface area contributed by atoms with Crippen LogP contribution in [0.3, 0.4) is 0 Å². The molecule has 5 atom stereocenters. The van der Waals surface area contributed by atoms with Gasteiger partial charge in [0, 0.05) is 24.5 Å². The van der Waals surface area contributed by atoms with Crippen molar-refractivity contribution >= 4 is 44.7 Å². The zero-order valence-corrected chi connectivity index (χ0v) is 30.3. The van der Waals surface area contributed by atoms with Crippen molar-refractivity contribution in [3.05, 3.63) is 59.4 Å². The number of aryl methyl sites for hydroxylation is 2. The fourth-order valence-electron chi connectivity index (χ4n) is 7.08. The number of nitrogens with one attached hydrogen (secondary N) is 3. The molecule has 1 aromatic carbocycles. The maximum absolute atomic E-state index is 14.5. The molecule has 4 heterocycles. The van der Waals surface area contributed by atoms with Crippen LogP contribution < -0.4 is 20.1 Å². The Morgan fingerprint density at radius 1 is 1.11 bits per heavy atom. The number of rotatable bonds is 8. The standard InChI is InChI=1S/C36H42FN7O8S/c1-3-25-33(40-28-16-22(37)11-14-26(28)38-25)51-23-17-30-32(46)41-36(35(48)43-53(49,50)24-12-13-24)18-21(36)9-7-5-4-6-8-10-27(34(47)44(30)19-23)39-31(45)29-15-20(2)52-42-29/h7,9,11,14-16,21,23-24,27,30H,3-6,8,10,12-13,17-19H2,1-2H3,(H,39,45)(H,41,46)(H,43,48)/b9-7-/t21-,23-,27+,30+,36-/m1/s1. The first kappa shape index (κ1) is 36.4. The summed E-state index contributed by atoms with van der Waals surface area (Å²) in [7, 11) is -3.91. The number of hydrogen-bond acceptors (Lipinski definition) is 11. The Morgan fingerprint density at radius 2 is 1.92 bits per heavy atom. The lowest BCUT2D eigenvalue weighted by Gasteiger charge is -2.29. The second kappa shape index (κ2) is 14.5. The number of halogens is 1. The zero-order chi connectivity index (χ0) is 37.5. The van der Waals surface area contributed by atoms with Gasteiger partial charge in [-0.15, -0.1) is 0 Å². The number of carbonyl (C=O) groups excluding carboxylic acids is 4. The Balaban J connectivity index is 1.20. The van der Waals surface area contributed by atoms with E-state index in [2.05, 4.69) is 30.5 Å². The van der Waals surface area contributed by atoms with Crippen molar-refractivity contribution in [1.29, 1.82) is 0 Å². The van der Waals surface area contributed by atoms with Crippen LogP contribution in [0.2, 0.25) is 0 Å². The molecule has 3 N–H and O–H groups in total. The van der Waals surface area contributed by atoms with Gasteiger partial charge in [-0.25, -0.2) is 22.8 Å². The number of sulfonamides is 1. The number of fused-ring (bicyclic) bond motifs is 3. The topological polar surface area (TPSA) is 203 Å². The summed E-state index contributed by atoms with van der Waals surface area (Å²) in [6, 6.07) is 3.29. The third-order valence-electron chi connectivity index (χ3n) is 10.3. The molecule has 0 bridgehead atoms. The smallest absolute Gasteiger partial charge is 0.274 e. The number of ether oxygens (including phenoxy) is 1. The largest absolute Gasteiger partial charge is 0.471 e. The summed E-state index contributed by atoms with van der Waals surface area (Å²) in [6.45, 7) is 3.41. The second-order valence-corrected chi connectivity index (χ2v) is 16.3. The average molecular weight is 752 g/mol. The summed E-state index contributed by atoms with van der Waals surface area (Å²) in [5, 5.41) is 8.75. The van der Waals surface area contributed by atoms with Crippen molar-refractivity contribution in [3.8, 4) is 5.88 Å². The van der Waals surface area contributed by atoms with Crippen LogP contribution in [0.4, 0.5) is 4.39 Å². The first-order chi connectivity index (χ1) is 25.4. The molecular formula is C36H42FN7O8S. The van der Waals surface area contributed by atoms with E-state index in [1.807, 2.05) is 19.1 Å². The predicted molar refractivity (Wildman–Crippen MR) is 187 cm³/mol.